The van der Waals surface area contributed by atoms with Gasteiger partial charge >= 0.3 is 5.97 Å². The highest BCUT2D eigenvalue weighted by Crippen LogP contribution is 2.29. The number of hydrogen-bond acceptors (Lipinski definition) is 2. The number of aromatic carboxylic acids is 1. The summed E-state index contributed by atoms with van der Waals surface area (Å²) in [5.74, 6) is 0.607. The van der Waals surface area contributed by atoms with Gasteiger partial charge in [-0.25, -0.2) is 9.78 Å². The molecule has 0 amide bonds. The average Bonchev–Trinajstić information content (AvgIpc) is 2.74. The predicted octanol–water partition coefficient (Wildman–Crippen LogP) is 3.98. The van der Waals surface area contributed by atoms with Gasteiger partial charge in [0.15, 0.2) is 0 Å². The molecule has 114 valence electrons. The number of aryl methyl sites for hydroxylation is 1. The lowest BCUT2D eigenvalue weighted by Gasteiger charge is -2.28. The van der Waals surface area contributed by atoms with Gasteiger partial charge in [0.1, 0.15) is 5.82 Å². The van der Waals surface area contributed by atoms with Crippen LogP contribution in [0.15, 0.2) is 18.2 Å². The van der Waals surface area contributed by atoms with Crippen molar-refractivity contribution in [3.05, 3.63) is 29.6 Å². The molecule has 0 saturated heterocycles. The standard InChI is InChI=1S/C17H24N2O2/c1-6-15-18-13-9-12(16(20)21)7-8-14(13)19(15)10-11(2)17(3,4)5/h7-9,11H,6,10H2,1-5H3,(H,20,21). The van der Waals surface area contributed by atoms with Crippen molar-refractivity contribution in [3.63, 3.8) is 0 Å². The average molecular weight is 288 g/mol. The third-order valence-corrected chi connectivity index (χ3v) is 4.33. The molecule has 1 aromatic carbocycles. The van der Waals surface area contributed by atoms with Crippen molar-refractivity contribution in [1.82, 2.24) is 9.55 Å². The van der Waals surface area contributed by atoms with Crippen LogP contribution in [0.5, 0.6) is 0 Å². The van der Waals surface area contributed by atoms with E-state index in [0.717, 1.165) is 29.8 Å². The molecule has 0 radical (unpaired) electrons. The monoisotopic (exact) mass is 288 g/mol. The molecule has 4 nitrogen and oxygen atoms in total. The second-order valence-electron chi connectivity index (χ2n) is 6.77. The van der Waals surface area contributed by atoms with Crippen LogP contribution in [0.3, 0.4) is 0 Å². The van der Waals surface area contributed by atoms with Crippen molar-refractivity contribution in [2.75, 3.05) is 0 Å². The third-order valence-electron chi connectivity index (χ3n) is 4.33. The number of hydrogen-bond donors (Lipinski definition) is 1. The van der Waals surface area contributed by atoms with Gasteiger partial charge in [0, 0.05) is 13.0 Å². The zero-order valence-corrected chi connectivity index (χ0v) is 13.5. The summed E-state index contributed by atoms with van der Waals surface area (Å²) in [6.07, 6.45) is 0.841. The van der Waals surface area contributed by atoms with E-state index >= 15 is 0 Å². The Bertz CT molecular complexity index is 665. The van der Waals surface area contributed by atoms with Gasteiger partial charge in [-0.1, -0.05) is 34.6 Å². The summed E-state index contributed by atoms with van der Waals surface area (Å²) in [7, 11) is 0. The number of carboxylic acid groups (broad SMARTS) is 1. The summed E-state index contributed by atoms with van der Waals surface area (Å²) in [6, 6.07) is 5.19. The maximum absolute atomic E-state index is 11.1. The molecule has 21 heavy (non-hydrogen) atoms. The van der Waals surface area contributed by atoms with Gasteiger partial charge < -0.3 is 9.67 Å². The molecule has 0 bridgehead atoms. The summed E-state index contributed by atoms with van der Waals surface area (Å²) >= 11 is 0. The van der Waals surface area contributed by atoms with Gasteiger partial charge in [-0.15, -0.1) is 0 Å². The highest BCUT2D eigenvalue weighted by molar-refractivity contribution is 5.92. The van der Waals surface area contributed by atoms with E-state index in [0.29, 0.717) is 11.5 Å². The van der Waals surface area contributed by atoms with E-state index in [9.17, 15) is 4.79 Å². The zero-order valence-electron chi connectivity index (χ0n) is 13.5. The number of nitrogens with zero attached hydrogens (tertiary/aromatic N) is 2. The Balaban J connectivity index is 2.49. The van der Waals surface area contributed by atoms with Crippen molar-refractivity contribution in [3.8, 4) is 0 Å². The number of benzene rings is 1. The topological polar surface area (TPSA) is 55.1 Å². The smallest absolute Gasteiger partial charge is 0.335 e. The largest absolute Gasteiger partial charge is 0.478 e. The molecule has 1 aromatic heterocycles. The molecule has 1 heterocycles. The highest BCUT2D eigenvalue weighted by atomic mass is 16.4. The number of carboxylic acids is 1. The molecule has 0 aliphatic heterocycles. The molecule has 0 spiro atoms. The van der Waals surface area contributed by atoms with E-state index in [1.165, 1.54) is 0 Å². The first-order valence-corrected chi connectivity index (χ1v) is 7.46. The maximum atomic E-state index is 11.1. The van der Waals surface area contributed by atoms with Crippen molar-refractivity contribution in [1.29, 1.82) is 0 Å². The van der Waals surface area contributed by atoms with Crippen LogP contribution in [0.1, 0.15) is 50.8 Å². The van der Waals surface area contributed by atoms with E-state index in [4.69, 9.17) is 5.11 Å². The van der Waals surface area contributed by atoms with Gasteiger partial charge in [-0.05, 0) is 29.5 Å². The molecular weight excluding hydrogens is 264 g/mol. The van der Waals surface area contributed by atoms with Gasteiger partial charge in [0.05, 0.1) is 16.6 Å². The second-order valence-corrected chi connectivity index (χ2v) is 6.77. The van der Waals surface area contributed by atoms with Crippen molar-refractivity contribution in [2.24, 2.45) is 11.3 Å². The van der Waals surface area contributed by atoms with Crippen LogP contribution in [-0.4, -0.2) is 20.6 Å². The number of fused-ring (bicyclic) bond motifs is 1. The molecule has 2 rings (SSSR count). The number of rotatable bonds is 4. The molecule has 0 aliphatic carbocycles. The Morgan fingerprint density at radius 2 is 2.05 bits per heavy atom. The molecule has 0 saturated carbocycles. The first kappa shape index (κ1) is 15.5. The molecule has 0 fully saturated rings. The molecule has 1 atom stereocenters. The molecule has 0 aliphatic rings. The van der Waals surface area contributed by atoms with Crippen LogP contribution in [0.4, 0.5) is 0 Å². The second kappa shape index (κ2) is 5.51. The predicted molar refractivity (Wildman–Crippen MR) is 84.7 cm³/mol. The zero-order chi connectivity index (χ0) is 15.8. The van der Waals surface area contributed by atoms with Crippen LogP contribution in [0.25, 0.3) is 11.0 Å². The number of imidazole rings is 1. The Kier molecular flexibility index (Phi) is 4.08. The number of aromatic nitrogens is 2. The van der Waals surface area contributed by atoms with E-state index < -0.39 is 5.97 Å². The number of carbonyl (C=O) groups is 1. The first-order chi connectivity index (χ1) is 9.74. The Morgan fingerprint density at radius 3 is 2.57 bits per heavy atom. The van der Waals surface area contributed by atoms with E-state index in [1.54, 1.807) is 12.1 Å². The summed E-state index contributed by atoms with van der Waals surface area (Å²) in [5, 5.41) is 9.10. The normalized spacial score (nSPS) is 13.6. The van der Waals surface area contributed by atoms with Gasteiger partial charge in [0.25, 0.3) is 0 Å². The quantitative estimate of drug-likeness (QED) is 0.925. The van der Waals surface area contributed by atoms with Gasteiger partial charge in [0.2, 0.25) is 0 Å². The van der Waals surface area contributed by atoms with Crippen LogP contribution >= 0.6 is 0 Å². The van der Waals surface area contributed by atoms with Crippen molar-refractivity contribution >= 4 is 17.0 Å². The molecule has 1 unspecified atom stereocenters. The maximum Gasteiger partial charge on any atom is 0.335 e. The molecule has 1 N–H and O–H groups in total. The fraction of sp³-hybridized carbons (Fsp3) is 0.529. The minimum atomic E-state index is -0.910. The van der Waals surface area contributed by atoms with Gasteiger partial charge in [-0.3, -0.25) is 0 Å². The Hall–Kier alpha value is -1.84. The van der Waals surface area contributed by atoms with Crippen LogP contribution in [-0.2, 0) is 13.0 Å². The summed E-state index contributed by atoms with van der Waals surface area (Å²) in [6.45, 7) is 11.9. The van der Waals surface area contributed by atoms with E-state index in [1.807, 2.05) is 6.07 Å². The van der Waals surface area contributed by atoms with Gasteiger partial charge in [-0.2, -0.15) is 0 Å². The SMILES string of the molecule is CCc1nc2cc(C(=O)O)ccc2n1CC(C)C(C)(C)C. The third kappa shape index (κ3) is 3.09. The molecular formula is C17H24N2O2. The van der Waals surface area contributed by atoms with Crippen LogP contribution < -0.4 is 0 Å². The lowest BCUT2D eigenvalue weighted by atomic mass is 9.82. The summed E-state index contributed by atoms with van der Waals surface area (Å²) in [4.78, 5) is 15.7. The Labute approximate surface area is 125 Å². The minimum absolute atomic E-state index is 0.225. The van der Waals surface area contributed by atoms with Crippen LogP contribution in [0, 0.1) is 11.3 Å². The Morgan fingerprint density at radius 1 is 1.38 bits per heavy atom. The van der Waals surface area contributed by atoms with Crippen LogP contribution in [0.2, 0.25) is 0 Å². The van der Waals surface area contributed by atoms with Crippen molar-refractivity contribution in [2.45, 2.75) is 47.6 Å². The lowest BCUT2D eigenvalue weighted by Crippen LogP contribution is -2.23. The lowest BCUT2D eigenvalue weighted by molar-refractivity contribution is 0.0697. The van der Waals surface area contributed by atoms with E-state index in [-0.39, 0.29) is 5.41 Å². The fourth-order valence-electron chi connectivity index (χ4n) is 2.33. The highest BCUT2D eigenvalue weighted by Gasteiger charge is 2.22. The minimum Gasteiger partial charge on any atom is -0.478 e. The molecule has 4 heteroatoms. The van der Waals surface area contributed by atoms with E-state index in [2.05, 4.69) is 44.2 Å². The van der Waals surface area contributed by atoms with Crippen molar-refractivity contribution < 1.29 is 9.90 Å². The molecule has 2 aromatic rings. The fourth-order valence-corrected chi connectivity index (χ4v) is 2.33. The summed E-state index contributed by atoms with van der Waals surface area (Å²) in [5.41, 5.74) is 2.31. The first-order valence-electron chi connectivity index (χ1n) is 7.46. The summed E-state index contributed by atoms with van der Waals surface area (Å²) < 4.78 is 2.23.